The van der Waals surface area contributed by atoms with Crippen LogP contribution in [0.5, 0.6) is 0 Å². The Morgan fingerprint density at radius 3 is 2.58 bits per heavy atom. The normalized spacial score (nSPS) is 19.1. The van der Waals surface area contributed by atoms with Crippen molar-refractivity contribution in [1.29, 1.82) is 0 Å². The molecule has 2 heterocycles. The molecular weight excluding hydrogens is 416 g/mol. The van der Waals surface area contributed by atoms with E-state index in [1.54, 1.807) is 27.8 Å². The molecule has 1 aromatic rings. The van der Waals surface area contributed by atoms with Crippen LogP contribution in [0.1, 0.15) is 49.9 Å². The van der Waals surface area contributed by atoms with E-state index in [1.807, 2.05) is 46.8 Å². The van der Waals surface area contributed by atoms with Crippen LogP contribution in [0.25, 0.3) is 0 Å². The van der Waals surface area contributed by atoms with Gasteiger partial charge >= 0.3 is 6.03 Å². The lowest BCUT2D eigenvalue weighted by Gasteiger charge is -2.33. The molecule has 7 nitrogen and oxygen atoms in total. The third-order valence-electron chi connectivity index (χ3n) is 6.50. The number of nitrogens with one attached hydrogen (secondary N) is 1. The lowest BCUT2D eigenvalue weighted by atomic mass is 9.91. The number of rotatable bonds is 8. The van der Waals surface area contributed by atoms with Crippen molar-refractivity contribution in [3.05, 3.63) is 58.8 Å². The third-order valence-corrected chi connectivity index (χ3v) is 6.50. The lowest BCUT2D eigenvalue weighted by Crippen LogP contribution is -2.49. The predicted molar refractivity (Wildman–Crippen MR) is 129 cm³/mol. The Kier molecular flexibility index (Phi) is 7.30. The van der Waals surface area contributed by atoms with Gasteiger partial charge < -0.3 is 15.1 Å². The molecule has 0 fully saturated rings. The van der Waals surface area contributed by atoms with E-state index < -0.39 is 12.1 Å². The van der Waals surface area contributed by atoms with Crippen LogP contribution in [0.2, 0.25) is 0 Å². The molecule has 7 heteroatoms. The van der Waals surface area contributed by atoms with E-state index in [0.29, 0.717) is 30.8 Å². The summed E-state index contributed by atoms with van der Waals surface area (Å²) in [6.07, 6.45) is 2.21. The topological polar surface area (TPSA) is 73.0 Å². The van der Waals surface area contributed by atoms with Crippen LogP contribution in [-0.4, -0.2) is 65.3 Å². The molecule has 4 amide bonds. The van der Waals surface area contributed by atoms with Crippen LogP contribution in [0.3, 0.4) is 0 Å². The van der Waals surface area contributed by atoms with Gasteiger partial charge in [0.1, 0.15) is 6.04 Å². The Bertz CT molecular complexity index is 997. The Hall–Kier alpha value is -3.09. The highest BCUT2D eigenvalue weighted by atomic mass is 16.2. The summed E-state index contributed by atoms with van der Waals surface area (Å²) >= 11 is 0. The molecule has 1 N–H and O–H groups in total. The Morgan fingerprint density at radius 2 is 2.00 bits per heavy atom. The molecule has 33 heavy (non-hydrogen) atoms. The zero-order valence-corrected chi connectivity index (χ0v) is 20.6. The van der Waals surface area contributed by atoms with Crippen molar-refractivity contribution >= 4 is 17.8 Å². The Morgan fingerprint density at radius 1 is 1.30 bits per heavy atom. The summed E-state index contributed by atoms with van der Waals surface area (Å²) in [4.78, 5) is 45.1. The van der Waals surface area contributed by atoms with E-state index in [2.05, 4.69) is 18.0 Å². The zero-order chi connectivity index (χ0) is 24.4. The van der Waals surface area contributed by atoms with Crippen molar-refractivity contribution in [1.82, 2.24) is 20.0 Å². The van der Waals surface area contributed by atoms with Crippen molar-refractivity contribution in [3.8, 4) is 0 Å². The zero-order valence-electron chi connectivity index (χ0n) is 20.6. The van der Waals surface area contributed by atoms with E-state index in [1.165, 1.54) is 0 Å². The minimum atomic E-state index is -0.575. The van der Waals surface area contributed by atoms with Gasteiger partial charge in [0.25, 0.3) is 5.91 Å². The van der Waals surface area contributed by atoms with Crippen LogP contribution < -0.4 is 5.32 Å². The minimum Gasteiger partial charge on any atom is -0.344 e. The number of aryl methyl sites for hydroxylation is 2. The molecule has 0 saturated carbocycles. The van der Waals surface area contributed by atoms with Crippen LogP contribution in [0.4, 0.5) is 4.79 Å². The maximum atomic E-state index is 13.9. The molecule has 0 aromatic heterocycles. The molecule has 0 saturated heterocycles. The van der Waals surface area contributed by atoms with Gasteiger partial charge in [0.15, 0.2) is 0 Å². The quantitative estimate of drug-likeness (QED) is 0.613. The molecule has 0 spiro atoms. The number of carbonyl (C=O) groups is 3. The molecule has 2 unspecified atom stereocenters. The summed E-state index contributed by atoms with van der Waals surface area (Å²) in [5, 5.41) is 3.03. The molecule has 178 valence electrons. The number of likely N-dealkylation sites (N-methyl/N-ethyl adjacent to an activating group) is 1. The first-order valence-corrected chi connectivity index (χ1v) is 11.7. The smallest absolute Gasteiger partial charge is 0.322 e. The summed E-state index contributed by atoms with van der Waals surface area (Å²) in [6.45, 7) is 14.9. The van der Waals surface area contributed by atoms with Gasteiger partial charge in [0.05, 0.1) is 23.9 Å². The standard InChI is InChI=1S/C26H36N4O3/c1-8-12-29-21-15-30(20(13-16(3)4)24(31)28(7)9-2)25(32)22(21)23(27-26(29)33)19-11-10-17(5)14-18(19)6/h8,10-11,14,16,20,23H,1,9,12-13,15H2,2-7H3,(H,27,33). The van der Waals surface area contributed by atoms with Crippen molar-refractivity contribution in [2.45, 2.75) is 53.1 Å². The van der Waals surface area contributed by atoms with Gasteiger partial charge in [-0.05, 0) is 44.2 Å². The van der Waals surface area contributed by atoms with Gasteiger partial charge in [-0.2, -0.15) is 0 Å². The fourth-order valence-electron chi connectivity index (χ4n) is 4.69. The van der Waals surface area contributed by atoms with Gasteiger partial charge in [-0.15, -0.1) is 6.58 Å². The van der Waals surface area contributed by atoms with Gasteiger partial charge in [-0.3, -0.25) is 14.5 Å². The summed E-state index contributed by atoms with van der Waals surface area (Å²) in [5.41, 5.74) is 4.23. The number of nitrogens with zero attached hydrogens (tertiary/aromatic N) is 3. The minimum absolute atomic E-state index is 0.0722. The van der Waals surface area contributed by atoms with Crippen LogP contribution in [-0.2, 0) is 9.59 Å². The molecule has 2 atom stereocenters. The van der Waals surface area contributed by atoms with Gasteiger partial charge in [-0.1, -0.05) is 43.7 Å². The number of urea groups is 1. The average molecular weight is 453 g/mol. The summed E-state index contributed by atoms with van der Waals surface area (Å²) in [5.74, 6) is -0.0293. The molecule has 0 radical (unpaired) electrons. The van der Waals surface area contributed by atoms with Crippen LogP contribution in [0, 0.1) is 19.8 Å². The van der Waals surface area contributed by atoms with Crippen molar-refractivity contribution in [2.24, 2.45) is 5.92 Å². The first-order valence-electron chi connectivity index (χ1n) is 11.7. The second kappa shape index (κ2) is 9.81. The molecule has 1 aromatic carbocycles. The summed E-state index contributed by atoms with van der Waals surface area (Å²) in [7, 11) is 1.76. The first kappa shape index (κ1) is 24.6. The van der Waals surface area contributed by atoms with E-state index in [-0.39, 0.29) is 30.3 Å². The fourth-order valence-corrected chi connectivity index (χ4v) is 4.69. The largest absolute Gasteiger partial charge is 0.344 e. The van der Waals surface area contributed by atoms with E-state index in [4.69, 9.17) is 0 Å². The molecule has 0 aliphatic carbocycles. The highest BCUT2D eigenvalue weighted by Gasteiger charge is 2.47. The predicted octanol–water partition coefficient (Wildman–Crippen LogP) is 3.55. The van der Waals surface area contributed by atoms with Gasteiger partial charge in [-0.25, -0.2) is 4.79 Å². The summed E-state index contributed by atoms with van der Waals surface area (Å²) in [6, 6.07) is 4.63. The number of hydrogen-bond acceptors (Lipinski definition) is 3. The maximum Gasteiger partial charge on any atom is 0.322 e. The number of amides is 4. The summed E-state index contributed by atoms with van der Waals surface area (Å²) < 4.78 is 0. The SMILES string of the molecule is C=CCN1C(=O)NC(c2ccc(C)cc2C)C2=C1CN(C(CC(C)C)C(=O)N(C)CC)C2=O. The van der Waals surface area contributed by atoms with Crippen LogP contribution >= 0.6 is 0 Å². The monoisotopic (exact) mass is 452 g/mol. The van der Waals surface area contributed by atoms with E-state index in [0.717, 1.165) is 16.7 Å². The van der Waals surface area contributed by atoms with Crippen LogP contribution in [0.15, 0.2) is 42.1 Å². The number of benzene rings is 1. The fraction of sp³-hybridized carbons (Fsp3) is 0.500. The lowest BCUT2D eigenvalue weighted by molar-refractivity contribution is -0.142. The molecule has 2 aliphatic heterocycles. The highest BCUT2D eigenvalue weighted by molar-refractivity contribution is 6.03. The Balaban J connectivity index is 2.08. The maximum absolute atomic E-state index is 13.9. The molecule has 3 rings (SSSR count). The van der Waals surface area contributed by atoms with E-state index >= 15 is 0 Å². The van der Waals surface area contributed by atoms with Gasteiger partial charge in [0.2, 0.25) is 5.91 Å². The first-order chi connectivity index (χ1) is 15.6. The van der Waals surface area contributed by atoms with Crippen molar-refractivity contribution < 1.29 is 14.4 Å². The number of hydrogen-bond donors (Lipinski definition) is 1. The van der Waals surface area contributed by atoms with E-state index in [9.17, 15) is 14.4 Å². The third kappa shape index (κ3) is 4.68. The second-order valence-corrected chi connectivity index (χ2v) is 9.43. The highest BCUT2D eigenvalue weighted by Crippen LogP contribution is 2.39. The molecular formula is C26H36N4O3. The van der Waals surface area contributed by atoms with Crippen molar-refractivity contribution in [3.63, 3.8) is 0 Å². The Labute approximate surface area is 197 Å². The van der Waals surface area contributed by atoms with Crippen molar-refractivity contribution in [2.75, 3.05) is 26.7 Å². The molecule has 0 bridgehead atoms. The number of carbonyl (C=O) groups excluding carboxylic acids is 3. The van der Waals surface area contributed by atoms with Gasteiger partial charge in [0, 0.05) is 20.1 Å². The second-order valence-electron chi connectivity index (χ2n) is 9.43. The average Bonchev–Trinajstić information content (AvgIpc) is 3.10. The molecule has 2 aliphatic rings.